The zero-order valence-corrected chi connectivity index (χ0v) is 20.0. The Morgan fingerprint density at radius 2 is 1.47 bits per heavy atom. The Morgan fingerprint density at radius 1 is 0.861 bits per heavy atom. The number of hydrogen-bond donors (Lipinski definition) is 2. The standard InChI is InChI=1S/C30H28N4O2/c1-22(23-9-4-2-5-10-23)33-30(36)29(26-13-8-20-32-21-26)34(28(35)18-19-31)27-16-14-25(15-17-27)24-11-6-3-7-12-24/h2-17,19-22,29,31H,18H2,1H3,(H,33,36)/t22-,29+/m0/s1. The third kappa shape index (κ3) is 5.73. The second kappa shape index (κ2) is 11.7. The second-order valence-corrected chi connectivity index (χ2v) is 8.41. The van der Waals surface area contributed by atoms with Gasteiger partial charge in [0, 0.05) is 29.9 Å². The number of rotatable bonds is 9. The fraction of sp³-hybridized carbons (Fsp3) is 0.133. The summed E-state index contributed by atoms with van der Waals surface area (Å²) >= 11 is 0. The number of benzene rings is 3. The first-order chi connectivity index (χ1) is 17.6. The van der Waals surface area contributed by atoms with Gasteiger partial charge in [0.1, 0.15) is 6.04 Å². The van der Waals surface area contributed by atoms with Gasteiger partial charge in [-0.2, -0.15) is 0 Å². The number of nitrogens with zero attached hydrogens (tertiary/aromatic N) is 2. The lowest BCUT2D eigenvalue weighted by molar-refractivity contribution is -0.126. The number of nitrogens with one attached hydrogen (secondary N) is 2. The van der Waals surface area contributed by atoms with Crippen molar-refractivity contribution in [3.8, 4) is 11.1 Å². The zero-order valence-electron chi connectivity index (χ0n) is 20.0. The molecular formula is C30H28N4O2. The molecule has 4 rings (SSSR count). The summed E-state index contributed by atoms with van der Waals surface area (Å²) in [5.74, 6) is -0.682. The molecule has 2 atom stereocenters. The van der Waals surface area contributed by atoms with E-state index in [2.05, 4.69) is 10.3 Å². The molecule has 1 aromatic heterocycles. The van der Waals surface area contributed by atoms with E-state index < -0.39 is 6.04 Å². The molecule has 0 aliphatic rings. The molecule has 0 saturated heterocycles. The minimum atomic E-state index is -0.958. The van der Waals surface area contributed by atoms with Crippen molar-refractivity contribution in [2.45, 2.75) is 25.4 Å². The third-order valence-corrected chi connectivity index (χ3v) is 5.96. The lowest BCUT2D eigenvalue weighted by atomic mass is 10.0. The molecule has 0 spiro atoms. The predicted molar refractivity (Wildman–Crippen MR) is 143 cm³/mol. The first kappa shape index (κ1) is 24.5. The monoisotopic (exact) mass is 476 g/mol. The van der Waals surface area contributed by atoms with Gasteiger partial charge < -0.3 is 10.7 Å². The van der Waals surface area contributed by atoms with Crippen LogP contribution in [0.3, 0.4) is 0 Å². The molecule has 6 heteroatoms. The quantitative estimate of drug-likeness (QED) is 0.302. The molecule has 0 bridgehead atoms. The number of hydrogen-bond acceptors (Lipinski definition) is 4. The Labute approximate surface area is 211 Å². The lowest BCUT2D eigenvalue weighted by Gasteiger charge is -2.32. The normalized spacial score (nSPS) is 12.2. The van der Waals surface area contributed by atoms with E-state index in [9.17, 15) is 9.59 Å². The minimum Gasteiger partial charge on any atom is -0.347 e. The van der Waals surface area contributed by atoms with E-state index in [1.54, 1.807) is 24.5 Å². The van der Waals surface area contributed by atoms with Gasteiger partial charge in [0.05, 0.1) is 12.5 Å². The van der Waals surface area contributed by atoms with Crippen molar-refractivity contribution in [3.05, 3.63) is 121 Å². The van der Waals surface area contributed by atoms with E-state index in [1.165, 1.54) is 4.90 Å². The lowest BCUT2D eigenvalue weighted by Crippen LogP contribution is -2.44. The van der Waals surface area contributed by atoms with E-state index in [0.29, 0.717) is 11.3 Å². The maximum atomic E-state index is 13.7. The molecule has 0 radical (unpaired) electrons. The Kier molecular flexibility index (Phi) is 7.98. The van der Waals surface area contributed by atoms with Gasteiger partial charge in [0.25, 0.3) is 0 Å². The largest absolute Gasteiger partial charge is 0.347 e. The Hall–Kier alpha value is -4.58. The SMILES string of the molecule is C[C@H](NC(=O)[C@@H](c1cccnc1)N(C(=O)CC=N)c1ccc(-c2ccccc2)cc1)c1ccccc1. The van der Waals surface area contributed by atoms with Crippen LogP contribution in [0.25, 0.3) is 11.1 Å². The molecule has 4 aromatic rings. The van der Waals surface area contributed by atoms with E-state index in [4.69, 9.17) is 5.41 Å². The van der Waals surface area contributed by atoms with Crippen LogP contribution in [0, 0.1) is 5.41 Å². The van der Waals surface area contributed by atoms with E-state index in [-0.39, 0.29) is 24.3 Å². The van der Waals surface area contributed by atoms with Crippen LogP contribution in [-0.4, -0.2) is 23.0 Å². The van der Waals surface area contributed by atoms with Gasteiger partial charge in [-0.3, -0.25) is 19.5 Å². The minimum absolute atomic E-state index is 0.126. The van der Waals surface area contributed by atoms with Crippen molar-refractivity contribution >= 4 is 23.7 Å². The van der Waals surface area contributed by atoms with Gasteiger partial charge in [0.2, 0.25) is 11.8 Å². The van der Waals surface area contributed by atoms with E-state index in [1.807, 2.05) is 91.9 Å². The molecule has 1 heterocycles. The van der Waals surface area contributed by atoms with Gasteiger partial charge >= 0.3 is 0 Å². The fourth-order valence-electron chi connectivity index (χ4n) is 4.14. The zero-order chi connectivity index (χ0) is 25.3. The Morgan fingerprint density at radius 3 is 2.08 bits per heavy atom. The van der Waals surface area contributed by atoms with Crippen LogP contribution in [-0.2, 0) is 9.59 Å². The summed E-state index contributed by atoms with van der Waals surface area (Å²) in [7, 11) is 0. The topological polar surface area (TPSA) is 86.2 Å². The summed E-state index contributed by atoms with van der Waals surface area (Å²) in [6.45, 7) is 1.91. The molecule has 180 valence electrons. The molecule has 0 saturated carbocycles. The van der Waals surface area contributed by atoms with Crippen molar-refractivity contribution in [1.82, 2.24) is 10.3 Å². The molecule has 2 N–H and O–H groups in total. The van der Waals surface area contributed by atoms with Crippen LogP contribution in [0.4, 0.5) is 5.69 Å². The number of carbonyl (C=O) groups is 2. The second-order valence-electron chi connectivity index (χ2n) is 8.41. The molecule has 0 aliphatic heterocycles. The van der Waals surface area contributed by atoms with Crippen molar-refractivity contribution < 1.29 is 9.59 Å². The highest BCUT2D eigenvalue weighted by Crippen LogP contribution is 2.31. The molecule has 2 amide bonds. The first-order valence-corrected chi connectivity index (χ1v) is 11.8. The molecule has 3 aromatic carbocycles. The molecular weight excluding hydrogens is 448 g/mol. The summed E-state index contributed by atoms with van der Waals surface area (Å²) in [6, 6.07) is 29.4. The average Bonchev–Trinajstić information content (AvgIpc) is 2.93. The van der Waals surface area contributed by atoms with Gasteiger partial charge in [-0.05, 0) is 41.8 Å². The van der Waals surface area contributed by atoms with Gasteiger partial charge in [-0.1, -0.05) is 78.9 Å². The Balaban J connectivity index is 1.73. The maximum absolute atomic E-state index is 13.7. The third-order valence-electron chi connectivity index (χ3n) is 5.96. The van der Waals surface area contributed by atoms with Crippen LogP contribution >= 0.6 is 0 Å². The van der Waals surface area contributed by atoms with Gasteiger partial charge in [-0.25, -0.2) is 0 Å². The summed E-state index contributed by atoms with van der Waals surface area (Å²) in [4.78, 5) is 32.8. The highest BCUT2D eigenvalue weighted by atomic mass is 16.2. The summed E-state index contributed by atoms with van der Waals surface area (Å²) in [6.07, 6.45) is 4.15. The predicted octanol–water partition coefficient (Wildman–Crippen LogP) is 5.74. The Bertz CT molecular complexity index is 1290. The highest BCUT2D eigenvalue weighted by Gasteiger charge is 2.33. The summed E-state index contributed by atoms with van der Waals surface area (Å²) < 4.78 is 0. The van der Waals surface area contributed by atoms with Gasteiger partial charge in [-0.15, -0.1) is 0 Å². The van der Waals surface area contributed by atoms with Gasteiger partial charge in [0.15, 0.2) is 0 Å². The summed E-state index contributed by atoms with van der Waals surface area (Å²) in [5, 5.41) is 10.6. The molecule has 0 unspecified atom stereocenters. The molecule has 0 aliphatic carbocycles. The van der Waals surface area contributed by atoms with Crippen LogP contribution in [0.15, 0.2) is 109 Å². The maximum Gasteiger partial charge on any atom is 0.248 e. The number of carbonyl (C=O) groups excluding carboxylic acids is 2. The van der Waals surface area contributed by atoms with Crippen molar-refractivity contribution in [3.63, 3.8) is 0 Å². The van der Waals surface area contributed by atoms with E-state index in [0.717, 1.165) is 22.9 Å². The van der Waals surface area contributed by atoms with Crippen LogP contribution < -0.4 is 10.2 Å². The molecule has 36 heavy (non-hydrogen) atoms. The van der Waals surface area contributed by atoms with Crippen LogP contribution in [0.2, 0.25) is 0 Å². The van der Waals surface area contributed by atoms with E-state index >= 15 is 0 Å². The van der Waals surface area contributed by atoms with Crippen molar-refractivity contribution in [2.75, 3.05) is 4.90 Å². The fourth-order valence-corrected chi connectivity index (χ4v) is 4.14. The number of aromatic nitrogens is 1. The number of amides is 2. The molecule has 6 nitrogen and oxygen atoms in total. The number of pyridine rings is 1. The first-order valence-electron chi connectivity index (χ1n) is 11.8. The highest BCUT2D eigenvalue weighted by molar-refractivity contribution is 6.05. The number of anilines is 1. The average molecular weight is 477 g/mol. The van der Waals surface area contributed by atoms with Crippen molar-refractivity contribution in [1.29, 1.82) is 5.41 Å². The smallest absolute Gasteiger partial charge is 0.248 e. The van der Waals surface area contributed by atoms with Crippen molar-refractivity contribution in [2.24, 2.45) is 0 Å². The molecule has 0 fully saturated rings. The van der Waals surface area contributed by atoms with Crippen LogP contribution in [0.5, 0.6) is 0 Å². The van der Waals surface area contributed by atoms with Crippen LogP contribution in [0.1, 0.15) is 36.6 Å². The summed E-state index contributed by atoms with van der Waals surface area (Å²) in [5.41, 5.74) is 4.16.